The van der Waals surface area contributed by atoms with Crippen LogP contribution in [0.1, 0.15) is 86.8 Å². The van der Waals surface area contributed by atoms with E-state index in [1.165, 1.54) is 7.11 Å². The van der Waals surface area contributed by atoms with Crippen molar-refractivity contribution < 1.29 is 33.7 Å². The Morgan fingerprint density at radius 2 is 1.03 bits per heavy atom. The van der Waals surface area contributed by atoms with Gasteiger partial charge in [-0.1, -0.05) is 71.7 Å². The van der Waals surface area contributed by atoms with E-state index >= 15 is 0 Å². The highest BCUT2D eigenvalue weighted by molar-refractivity contribution is 9.10. The van der Waals surface area contributed by atoms with E-state index in [1.807, 2.05) is 71.7 Å². The number of carbonyl (C=O) groups is 3. The number of ether oxygens (including phenoxy) is 3. The van der Waals surface area contributed by atoms with Crippen molar-refractivity contribution in [3.63, 3.8) is 0 Å². The molecule has 2 amide bonds. The van der Waals surface area contributed by atoms with Crippen molar-refractivity contribution in [2.75, 3.05) is 31.0 Å². The Morgan fingerprint density at radius 3 is 1.42 bits per heavy atom. The Labute approximate surface area is 379 Å². The normalized spacial score (nSPS) is 10.9. The molecular formula is C47H52Br2N6O7. The van der Waals surface area contributed by atoms with Crippen LogP contribution in [-0.4, -0.2) is 62.8 Å². The number of halogens is 2. The van der Waals surface area contributed by atoms with Gasteiger partial charge >= 0.3 is 5.97 Å². The summed E-state index contributed by atoms with van der Waals surface area (Å²) in [5.74, 6) is 2.43. The zero-order valence-electron chi connectivity index (χ0n) is 35.9. The van der Waals surface area contributed by atoms with E-state index in [0.717, 1.165) is 48.5 Å². The van der Waals surface area contributed by atoms with Gasteiger partial charge in [0.1, 0.15) is 11.5 Å². The number of anilines is 2. The number of hydrogen-bond acceptors (Lipinski definition) is 9. The number of rotatable bonds is 16. The molecule has 13 nitrogen and oxygen atoms in total. The average Bonchev–Trinajstić information content (AvgIpc) is 3.77. The first-order chi connectivity index (χ1) is 29.6. The van der Waals surface area contributed by atoms with Crippen molar-refractivity contribution in [3.8, 4) is 11.5 Å². The summed E-state index contributed by atoms with van der Waals surface area (Å²) in [6.45, 7) is 14.6. The van der Waals surface area contributed by atoms with Crippen LogP contribution in [0.25, 0.3) is 0 Å². The lowest BCUT2D eigenvalue weighted by molar-refractivity contribution is 0.0600. The van der Waals surface area contributed by atoms with Gasteiger partial charge in [-0.3, -0.25) is 19.0 Å². The summed E-state index contributed by atoms with van der Waals surface area (Å²) in [7, 11) is 1.31. The second kappa shape index (κ2) is 22.4. The molecule has 4 aromatic carbocycles. The number of esters is 1. The Hall–Kier alpha value is -5.77. The van der Waals surface area contributed by atoms with Crippen LogP contribution in [0.3, 0.4) is 0 Å². The molecule has 2 aromatic heterocycles. The number of nitrogens with one attached hydrogen (secondary N) is 2. The molecule has 6 rings (SSSR count). The van der Waals surface area contributed by atoms with Gasteiger partial charge in [0, 0.05) is 54.7 Å². The van der Waals surface area contributed by atoms with Crippen molar-refractivity contribution in [3.05, 3.63) is 151 Å². The zero-order valence-corrected chi connectivity index (χ0v) is 39.0. The second-order valence-corrected chi connectivity index (χ2v) is 17.2. The van der Waals surface area contributed by atoms with Crippen molar-refractivity contribution in [1.29, 1.82) is 0 Å². The summed E-state index contributed by atoms with van der Waals surface area (Å²) in [5.41, 5.74) is 5.89. The summed E-state index contributed by atoms with van der Waals surface area (Å²) >= 11 is 7.04. The van der Waals surface area contributed by atoms with Gasteiger partial charge < -0.3 is 30.0 Å². The van der Waals surface area contributed by atoms with E-state index in [-0.39, 0.29) is 18.4 Å². The topological polar surface area (TPSA) is 159 Å². The number of aryl methyl sites for hydroxylation is 2. The van der Waals surface area contributed by atoms with Crippen molar-refractivity contribution in [2.45, 2.75) is 61.2 Å². The lowest BCUT2D eigenvalue weighted by atomic mass is 10.1. The van der Waals surface area contributed by atoms with Gasteiger partial charge in [0.2, 0.25) is 0 Å². The summed E-state index contributed by atoms with van der Waals surface area (Å²) in [6.07, 6.45) is 0. The second-order valence-electron chi connectivity index (χ2n) is 15.4. The van der Waals surface area contributed by atoms with Gasteiger partial charge in [0.15, 0.2) is 11.6 Å². The third kappa shape index (κ3) is 13.6. The van der Waals surface area contributed by atoms with Crippen molar-refractivity contribution in [1.82, 2.24) is 19.6 Å². The quantitative estimate of drug-likeness (QED) is 0.0803. The Bertz CT molecular complexity index is 2460. The Morgan fingerprint density at radius 1 is 0.629 bits per heavy atom. The molecule has 0 fully saturated rings. The highest BCUT2D eigenvalue weighted by Gasteiger charge is 2.16. The number of carbonyl (C=O) groups excluding carboxylic acids is 3. The SMILES string of the molecule is COC(=O)c1ccc(C(=O)Nc2cc(C)n(Cc3cc(Br)ccc3OCC(C)C)n2)cc1.Cc1cc(NC(=O)c2ccc(CO)cc2)nn1Cc1cc(Br)ccc1OCC(C)C. The molecular weight excluding hydrogens is 920 g/mol. The van der Waals surface area contributed by atoms with Gasteiger partial charge in [0.25, 0.3) is 11.8 Å². The summed E-state index contributed by atoms with van der Waals surface area (Å²) in [5, 5.41) is 23.8. The van der Waals surface area contributed by atoms with Gasteiger partial charge in [-0.15, -0.1) is 0 Å². The van der Waals surface area contributed by atoms with E-state index in [1.54, 1.807) is 48.5 Å². The van der Waals surface area contributed by atoms with Gasteiger partial charge in [-0.2, -0.15) is 10.2 Å². The van der Waals surface area contributed by atoms with E-state index in [4.69, 9.17) is 14.6 Å². The molecule has 3 N–H and O–H groups in total. The number of amides is 2. The fourth-order valence-electron chi connectivity index (χ4n) is 5.94. The minimum atomic E-state index is -0.449. The lowest BCUT2D eigenvalue weighted by Gasteiger charge is -2.14. The van der Waals surface area contributed by atoms with Crippen LogP contribution in [-0.2, 0) is 24.4 Å². The molecule has 2 heterocycles. The van der Waals surface area contributed by atoms with Crippen LogP contribution in [0.15, 0.2) is 106 Å². The highest BCUT2D eigenvalue weighted by atomic mass is 79.9. The fourth-order valence-corrected chi connectivity index (χ4v) is 6.75. The number of aromatic nitrogens is 4. The predicted molar refractivity (Wildman–Crippen MR) is 247 cm³/mol. The summed E-state index contributed by atoms with van der Waals surface area (Å²) in [6, 6.07) is 28.6. The van der Waals surface area contributed by atoms with E-state index < -0.39 is 5.97 Å². The molecule has 0 aliphatic rings. The van der Waals surface area contributed by atoms with Gasteiger partial charge in [-0.25, -0.2) is 4.79 Å². The molecule has 0 saturated carbocycles. The molecule has 326 valence electrons. The molecule has 0 aliphatic carbocycles. The van der Waals surface area contributed by atoms with E-state index in [2.05, 4.69) is 85.1 Å². The molecule has 0 unspecified atom stereocenters. The average molecular weight is 973 g/mol. The van der Waals surface area contributed by atoms with Gasteiger partial charge in [-0.05, 0) is 104 Å². The number of benzene rings is 4. The zero-order chi connectivity index (χ0) is 44.9. The molecule has 0 spiro atoms. The number of nitrogens with zero attached hydrogens (tertiary/aromatic N) is 4. The molecule has 15 heteroatoms. The standard InChI is InChI=1S/C24H26BrN3O4.C23H26BrN3O3/c1-15(2)14-32-21-10-9-20(25)12-19(21)13-28-16(3)11-22(27-28)26-23(29)17-5-7-18(8-6-17)24(30)31-4;1-15(2)14-30-21-9-8-20(24)11-19(21)12-27-16(3)10-22(26-27)25-23(29)18-6-4-17(13-28)5-7-18/h5-12,15H,13-14H2,1-4H3,(H,26,27,29);4-11,15,28H,12-14H2,1-3H3,(H,25,26,29). The number of hydrogen-bond donors (Lipinski definition) is 3. The largest absolute Gasteiger partial charge is 0.493 e. The maximum Gasteiger partial charge on any atom is 0.337 e. The third-order valence-corrected chi connectivity index (χ3v) is 10.2. The van der Waals surface area contributed by atoms with Crippen LogP contribution in [0.5, 0.6) is 11.5 Å². The van der Waals surface area contributed by atoms with Crippen LogP contribution < -0.4 is 20.1 Å². The maximum absolute atomic E-state index is 12.6. The first kappa shape index (κ1) is 47.3. The number of methoxy groups -OCH3 is 1. The smallest absolute Gasteiger partial charge is 0.337 e. The number of aliphatic hydroxyl groups excluding tert-OH is 1. The number of aliphatic hydroxyl groups is 1. The minimum absolute atomic E-state index is 0.0516. The summed E-state index contributed by atoms with van der Waals surface area (Å²) < 4.78 is 22.2. The first-order valence-electron chi connectivity index (χ1n) is 20.0. The Balaban J connectivity index is 0.000000235. The van der Waals surface area contributed by atoms with E-state index in [0.29, 0.717) is 66.5 Å². The third-order valence-electron chi connectivity index (χ3n) is 9.24. The molecule has 0 bridgehead atoms. The van der Waals surface area contributed by atoms with E-state index in [9.17, 15) is 14.4 Å². The first-order valence-corrected chi connectivity index (χ1v) is 21.6. The minimum Gasteiger partial charge on any atom is -0.493 e. The molecule has 6 aromatic rings. The maximum atomic E-state index is 12.6. The molecule has 62 heavy (non-hydrogen) atoms. The van der Waals surface area contributed by atoms with Crippen LogP contribution in [0.4, 0.5) is 11.6 Å². The van der Waals surface area contributed by atoms with Crippen molar-refractivity contribution in [2.24, 2.45) is 11.8 Å². The molecule has 0 atom stereocenters. The predicted octanol–water partition coefficient (Wildman–Crippen LogP) is 9.86. The summed E-state index contributed by atoms with van der Waals surface area (Å²) in [4.78, 5) is 36.6. The monoisotopic (exact) mass is 970 g/mol. The molecule has 0 saturated heterocycles. The van der Waals surface area contributed by atoms with Gasteiger partial charge in [0.05, 0.1) is 45.6 Å². The van der Waals surface area contributed by atoms with Crippen LogP contribution in [0.2, 0.25) is 0 Å². The van der Waals surface area contributed by atoms with Crippen molar-refractivity contribution >= 4 is 61.3 Å². The van der Waals surface area contributed by atoms with Crippen LogP contribution >= 0.6 is 31.9 Å². The molecule has 0 aliphatic heterocycles. The molecule has 0 radical (unpaired) electrons. The lowest BCUT2D eigenvalue weighted by Crippen LogP contribution is -2.13. The van der Waals surface area contributed by atoms with Crippen LogP contribution in [0, 0.1) is 25.7 Å². The Kier molecular flexibility index (Phi) is 17.1. The fraction of sp³-hybridized carbons (Fsp3) is 0.298. The highest BCUT2D eigenvalue weighted by Crippen LogP contribution is 2.27.